The molecule has 1 aliphatic rings. The summed E-state index contributed by atoms with van der Waals surface area (Å²) in [7, 11) is 0. The number of rotatable bonds is 6. The maximum absolute atomic E-state index is 13.1. The molecule has 0 saturated carbocycles. The zero-order valence-corrected chi connectivity index (χ0v) is 19.0. The summed E-state index contributed by atoms with van der Waals surface area (Å²) in [6.07, 6.45) is 1.82. The zero-order chi connectivity index (χ0) is 21.7. The van der Waals surface area contributed by atoms with Gasteiger partial charge in [0.2, 0.25) is 5.91 Å². The Bertz CT molecular complexity index is 928. The van der Waals surface area contributed by atoms with E-state index in [1.54, 1.807) is 22.8 Å². The van der Waals surface area contributed by atoms with Gasteiger partial charge in [0.1, 0.15) is 0 Å². The minimum atomic E-state index is -0.118. The average Bonchev–Trinajstić information content (AvgIpc) is 2.75. The van der Waals surface area contributed by atoms with E-state index in [0.717, 1.165) is 10.6 Å². The number of hydrogen-bond donors (Lipinski definition) is 0. The van der Waals surface area contributed by atoms with Crippen molar-refractivity contribution in [3.63, 3.8) is 0 Å². The molecule has 0 aromatic heterocycles. The van der Waals surface area contributed by atoms with Crippen molar-refractivity contribution in [1.82, 2.24) is 9.80 Å². The quantitative estimate of drug-likeness (QED) is 0.446. The van der Waals surface area contributed by atoms with Crippen LogP contribution in [-0.2, 0) is 4.79 Å². The number of nitrogens with zero attached hydrogens (tertiary/aromatic N) is 3. The van der Waals surface area contributed by atoms with E-state index in [1.807, 2.05) is 42.5 Å². The Morgan fingerprint density at radius 1 is 1.07 bits per heavy atom. The topological polar surface area (TPSA) is 43.9 Å². The molecule has 2 aromatic rings. The first-order valence-corrected chi connectivity index (χ1v) is 11.1. The molecule has 0 unspecified atom stereocenters. The van der Waals surface area contributed by atoms with E-state index < -0.39 is 0 Å². The zero-order valence-electron chi connectivity index (χ0n) is 16.7. The maximum atomic E-state index is 13.1. The molecule has 5 nitrogen and oxygen atoms in total. The van der Waals surface area contributed by atoms with Crippen molar-refractivity contribution in [3.05, 3.63) is 70.7 Å². The summed E-state index contributed by atoms with van der Waals surface area (Å²) in [5, 5.41) is 1.09. The highest BCUT2D eigenvalue weighted by atomic mass is 35.5. The Labute approximate surface area is 191 Å². The van der Waals surface area contributed by atoms with Crippen molar-refractivity contribution in [3.8, 4) is 0 Å². The standard InChI is InChI=1S/C22H23Cl2N3O2S/c1-3-10-27(18-6-4-17(23)5-7-18)30-19-8-9-21(24)20(15-19)22(29)26-13-11-25(12-14-26)16(2)28/h3-9,15H,1,10-14H2,2H3. The van der Waals surface area contributed by atoms with Crippen LogP contribution in [-0.4, -0.2) is 54.3 Å². The van der Waals surface area contributed by atoms with Crippen molar-refractivity contribution in [2.45, 2.75) is 11.8 Å². The second-order valence-electron chi connectivity index (χ2n) is 6.86. The van der Waals surface area contributed by atoms with Gasteiger partial charge >= 0.3 is 0 Å². The molecule has 2 aromatic carbocycles. The molecule has 0 aliphatic carbocycles. The van der Waals surface area contributed by atoms with Crippen LogP contribution >= 0.6 is 35.1 Å². The van der Waals surface area contributed by atoms with E-state index in [-0.39, 0.29) is 11.8 Å². The van der Waals surface area contributed by atoms with Gasteiger partial charge in [0.05, 0.1) is 10.6 Å². The van der Waals surface area contributed by atoms with Gasteiger partial charge in [0.25, 0.3) is 5.91 Å². The smallest absolute Gasteiger partial charge is 0.255 e. The third-order valence-electron chi connectivity index (χ3n) is 4.81. The molecular weight excluding hydrogens is 441 g/mol. The number of carbonyl (C=O) groups excluding carboxylic acids is 2. The minimum absolute atomic E-state index is 0.0306. The second-order valence-corrected chi connectivity index (χ2v) is 8.80. The molecule has 1 aliphatic heterocycles. The van der Waals surface area contributed by atoms with E-state index in [4.69, 9.17) is 23.2 Å². The fourth-order valence-corrected chi connectivity index (χ4v) is 4.45. The molecule has 0 bridgehead atoms. The number of piperazine rings is 1. The van der Waals surface area contributed by atoms with E-state index in [1.165, 1.54) is 11.9 Å². The van der Waals surface area contributed by atoms with Gasteiger partial charge in [-0.25, -0.2) is 0 Å². The highest BCUT2D eigenvalue weighted by Gasteiger charge is 2.25. The van der Waals surface area contributed by atoms with Crippen LogP contribution in [0.1, 0.15) is 17.3 Å². The SMILES string of the molecule is C=CCN(Sc1ccc(Cl)c(C(=O)N2CCN(C(C)=O)CC2)c1)c1ccc(Cl)cc1. The van der Waals surface area contributed by atoms with Crippen molar-refractivity contribution in [2.75, 3.05) is 37.0 Å². The summed E-state index contributed by atoms with van der Waals surface area (Å²) in [5.41, 5.74) is 1.44. The van der Waals surface area contributed by atoms with Crippen LogP contribution in [0.3, 0.4) is 0 Å². The van der Waals surface area contributed by atoms with Crippen LogP contribution < -0.4 is 4.31 Å². The van der Waals surface area contributed by atoms with Crippen LogP contribution in [0.15, 0.2) is 60.0 Å². The van der Waals surface area contributed by atoms with Crippen LogP contribution in [0.4, 0.5) is 5.69 Å². The lowest BCUT2D eigenvalue weighted by atomic mass is 10.1. The first kappa shape index (κ1) is 22.5. The third-order valence-corrected chi connectivity index (χ3v) is 6.43. The highest BCUT2D eigenvalue weighted by Crippen LogP contribution is 2.32. The predicted octanol–water partition coefficient (Wildman–Crippen LogP) is 5.00. The summed E-state index contributed by atoms with van der Waals surface area (Å²) in [5.74, 6) is -0.0875. The summed E-state index contributed by atoms with van der Waals surface area (Å²) in [6, 6.07) is 13.0. The molecule has 1 heterocycles. The van der Waals surface area contributed by atoms with E-state index in [2.05, 4.69) is 10.9 Å². The summed E-state index contributed by atoms with van der Waals surface area (Å²) in [4.78, 5) is 29.0. The van der Waals surface area contributed by atoms with Crippen molar-refractivity contribution in [1.29, 1.82) is 0 Å². The number of amides is 2. The van der Waals surface area contributed by atoms with Gasteiger partial charge in [-0.2, -0.15) is 0 Å². The molecule has 1 fully saturated rings. The van der Waals surface area contributed by atoms with E-state index in [9.17, 15) is 9.59 Å². The molecular formula is C22H23Cl2N3O2S. The Hall–Kier alpha value is -2.15. The monoisotopic (exact) mass is 463 g/mol. The van der Waals surface area contributed by atoms with Gasteiger partial charge < -0.3 is 14.1 Å². The van der Waals surface area contributed by atoms with Crippen molar-refractivity contribution in [2.24, 2.45) is 0 Å². The van der Waals surface area contributed by atoms with Gasteiger partial charge in [-0.05, 0) is 54.4 Å². The normalized spacial score (nSPS) is 13.8. The van der Waals surface area contributed by atoms with Gasteiger partial charge in [-0.3, -0.25) is 9.59 Å². The fraction of sp³-hybridized carbons (Fsp3) is 0.273. The number of benzene rings is 2. The summed E-state index contributed by atoms with van der Waals surface area (Å²) < 4.78 is 2.06. The van der Waals surface area contributed by atoms with Crippen LogP contribution in [0.25, 0.3) is 0 Å². The lowest BCUT2D eigenvalue weighted by molar-refractivity contribution is -0.130. The molecule has 0 radical (unpaired) electrons. The highest BCUT2D eigenvalue weighted by molar-refractivity contribution is 8.00. The first-order chi connectivity index (χ1) is 14.4. The van der Waals surface area contributed by atoms with Crippen molar-refractivity contribution < 1.29 is 9.59 Å². The summed E-state index contributed by atoms with van der Waals surface area (Å²) in [6.45, 7) is 8.07. The molecule has 158 valence electrons. The predicted molar refractivity (Wildman–Crippen MR) is 124 cm³/mol. The van der Waals surface area contributed by atoms with Crippen LogP contribution in [0, 0.1) is 0 Å². The van der Waals surface area contributed by atoms with Gasteiger partial charge in [0, 0.05) is 55.3 Å². The Balaban J connectivity index is 1.77. The first-order valence-electron chi connectivity index (χ1n) is 9.55. The lowest BCUT2D eigenvalue weighted by Gasteiger charge is -2.34. The number of halogens is 2. The number of carbonyl (C=O) groups is 2. The molecule has 2 amide bonds. The lowest BCUT2D eigenvalue weighted by Crippen LogP contribution is -2.50. The van der Waals surface area contributed by atoms with E-state index >= 15 is 0 Å². The number of anilines is 1. The number of hydrogen-bond acceptors (Lipinski definition) is 4. The van der Waals surface area contributed by atoms with Crippen LogP contribution in [0.5, 0.6) is 0 Å². The Morgan fingerprint density at radius 3 is 2.30 bits per heavy atom. The molecule has 8 heteroatoms. The molecule has 30 heavy (non-hydrogen) atoms. The molecule has 0 atom stereocenters. The van der Waals surface area contributed by atoms with Gasteiger partial charge in [-0.1, -0.05) is 29.3 Å². The molecule has 1 saturated heterocycles. The third kappa shape index (κ3) is 5.50. The fourth-order valence-electron chi connectivity index (χ4n) is 3.17. The maximum Gasteiger partial charge on any atom is 0.255 e. The molecule has 0 N–H and O–H groups in total. The van der Waals surface area contributed by atoms with Crippen LogP contribution in [0.2, 0.25) is 10.0 Å². The Kier molecular flexibility index (Phi) is 7.69. The summed E-state index contributed by atoms with van der Waals surface area (Å²) >= 11 is 13.9. The van der Waals surface area contributed by atoms with E-state index in [0.29, 0.717) is 48.3 Å². The Morgan fingerprint density at radius 2 is 1.70 bits per heavy atom. The minimum Gasteiger partial charge on any atom is -0.339 e. The second kappa shape index (κ2) is 10.2. The largest absolute Gasteiger partial charge is 0.339 e. The molecule has 3 rings (SSSR count). The van der Waals surface area contributed by atoms with Crippen molar-refractivity contribution >= 4 is 52.7 Å². The average molecular weight is 464 g/mol. The van der Waals surface area contributed by atoms with Gasteiger partial charge in [-0.15, -0.1) is 6.58 Å². The molecule has 0 spiro atoms. The van der Waals surface area contributed by atoms with Gasteiger partial charge in [0.15, 0.2) is 0 Å².